The Morgan fingerprint density at radius 3 is 2.85 bits per heavy atom. The summed E-state index contributed by atoms with van der Waals surface area (Å²) in [6.07, 6.45) is 6.42. The van der Waals surface area contributed by atoms with Gasteiger partial charge in [0.05, 0.1) is 5.84 Å². The van der Waals surface area contributed by atoms with Crippen LogP contribution in [0.25, 0.3) is 0 Å². The van der Waals surface area contributed by atoms with Gasteiger partial charge in [0.15, 0.2) is 0 Å². The van der Waals surface area contributed by atoms with E-state index in [0.717, 1.165) is 6.54 Å². The minimum absolute atomic E-state index is 0.552. The third kappa shape index (κ3) is 2.23. The fourth-order valence-electron chi connectivity index (χ4n) is 2.45. The first-order chi connectivity index (χ1) is 6.16. The molecule has 2 heteroatoms. The Balaban J connectivity index is 1.83. The van der Waals surface area contributed by atoms with Crippen molar-refractivity contribution in [3.05, 3.63) is 0 Å². The number of amidine groups is 1. The second-order valence-corrected chi connectivity index (χ2v) is 5.18. The van der Waals surface area contributed by atoms with E-state index in [1.165, 1.54) is 37.9 Å². The van der Waals surface area contributed by atoms with Gasteiger partial charge in [-0.3, -0.25) is 4.99 Å². The van der Waals surface area contributed by atoms with Crippen molar-refractivity contribution in [2.75, 3.05) is 6.54 Å². The number of nitrogens with one attached hydrogen (secondary N) is 1. The summed E-state index contributed by atoms with van der Waals surface area (Å²) in [6.45, 7) is 5.77. The number of hydrogen-bond acceptors (Lipinski definition) is 2. The van der Waals surface area contributed by atoms with Gasteiger partial charge < -0.3 is 5.32 Å². The topological polar surface area (TPSA) is 24.4 Å². The first-order valence-corrected chi connectivity index (χ1v) is 5.46. The van der Waals surface area contributed by atoms with Gasteiger partial charge >= 0.3 is 0 Å². The van der Waals surface area contributed by atoms with Gasteiger partial charge in [0, 0.05) is 19.0 Å². The molecule has 74 valence electrons. The van der Waals surface area contributed by atoms with Gasteiger partial charge in [-0.25, -0.2) is 0 Å². The van der Waals surface area contributed by atoms with Crippen LogP contribution in [0.5, 0.6) is 0 Å². The first kappa shape index (κ1) is 9.04. The van der Waals surface area contributed by atoms with Crippen LogP contribution in [-0.4, -0.2) is 18.4 Å². The molecule has 0 aromatic carbocycles. The zero-order valence-electron chi connectivity index (χ0n) is 8.77. The number of nitrogens with zero attached hydrogens (tertiary/aromatic N) is 1. The van der Waals surface area contributed by atoms with Crippen molar-refractivity contribution >= 4 is 5.84 Å². The van der Waals surface area contributed by atoms with Crippen LogP contribution in [0.2, 0.25) is 0 Å². The molecule has 2 aliphatic rings. The van der Waals surface area contributed by atoms with E-state index in [1.54, 1.807) is 0 Å². The lowest BCUT2D eigenvalue weighted by molar-refractivity contribution is 0.372. The molecule has 1 N–H and O–H groups in total. The SMILES string of the molecule is CC1(C)CCC(NC2=NCCC2)C1. The monoisotopic (exact) mass is 180 g/mol. The highest BCUT2D eigenvalue weighted by Gasteiger charge is 2.31. The van der Waals surface area contributed by atoms with Gasteiger partial charge in [0.1, 0.15) is 0 Å². The molecule has 0 aromatic heterocycles. The summed E-state index contributed by atoms with van der Waals surface area (Å²) in [6, 6.07) is 0.701. The Morgan fingerprint density at radius 2 is 2.31 bits per heavy atom. The Labute approximate surface area is 80.8 Å². The highest BCUT2D eigenvalue weighted by Crippen LogP contribution is 2.36. The molecule has 0 saturated heterocycles. The van der Waals surface area contributed by atoms with Crippen LogP contribution in [0.15, 0.2) is 4.99 Å². The number of hydrogen-bond donors (Lipinski definition) is 1. The van der Waals surface area contributed by atoms with Crippen molar-refractivity contribution < 1.29 is 0 Å². The molecule has 0 spiro atoms. The normalized spacial score (nSPS) is 31.8. The first-order valence-electron chi connectivity index (χ1n) is 5.46. The van der Waals surface area contributed by atoms with Crippen LogP contribution in [0.4, 0.5) is 0 Å². The molecular formula is C11H20N2. The van der Waals surface area contributed by atoms with E-state index >= 15 is 0 Å². The fraction of sp³-hybridized carbons (Fsp3) is 0.909. The largest absolute Gasteiger partial charge is 0.371 e. The Hall–Kier alpha value is -0.530. The van der Waals surface area contributed by atoms with Gasteiger partial charge in [-0.05, 0) is 31.1 Å². The minimum Gasteiger partial charge on any atom is -0.371 e. The summed E-state index contributed by atoms with van der Waals surface area (Å²) in [5, 5.41) is 3.58. The third-order valence-electron chi connectivity index (χ3n) is 3.21. The van der Waals surface area contributed by atoms with Crippen LogP contribution in [-0.2, 0) is 0 Å². The molecule has 1 saturated carbocycles. The van der Waals surface area contributed by atoms with Crippen molar-refractivity contribution in [2.45, 2.75) is 52.0 Å². The van der Waals surface area contributed by atoms with Crippen LogP contribution in [0.3, 0.4) is 0 Å². The molecule has 1 atom stereocenters. The van der Waals surface area contributed by atoms with Crippen LogP contribution in [0, 0.1) is 5.41 Å². The molecule has 1 aliphatic heterocycles. The van der Waals surface area contributed by atoms with E-state index in [2.05, 4.69) is 24.2 Å². The quantitative estimate of drug-likeness (QED) is 0.658. The summed E-state index contributed by atoms with van der Waals surface area (Å²) in [4.78, 5) is 4.45. The molecule has 1 heterocycles. The predicted molar refractivity (Wildman–Crippen MR) is 56.1 cm³/mol. The third-order valence-corrected chi connectivity index (χ3v) is 3.21. The van der Waals surface area contributed by atoms with Gasteiger partial charge in [-0.1, -0.05) is 13.8 Å². The van der Waals surface area contributed by atoms with Gasteiger partial charge in [0.25, 0.3) is 0 Å². The maximum Gasteiger partial charge on any atom is 0.0965 e. The van der Waals surface area contributed by atoms with Crippen molar-refractivity contribution in [3.63, 3.8) is 0 Å². The summed E-state index contributed by atoms with van der Waals surface area (Å²) in [5.74, 6) is 1.27. The standard InChI is InChI=1S/C11H20N2/c1-11(2)6-5-9(8-11)13-10-4-3-7-12-10/h9H,3-8H2,1-2H3,(H,12,13). The Kier molecular flexibility index (Phi) is 2.31. The fourth-order valence-corrected chi connectivity index (χ4v) is 2.45. The van der Waals surface area contributed by atoms with Crippen LogP contribution in [0.1, 0.15) is 46.0 Å². The molecule has 1 aliphatic carbocycles. The summed E-state index contributed by atoms with van der Waals surface area (Å²) in [5.41, 5.74) is 0.552. The van der Waals surface area contributed by atoms with Gasteiger partial charge in [-0.15, -0.1) is 0 Å². The minimum atomic E-state index is 0.552. The Morgan fingerprint density at radius 1 is 1.46 bits per heavy atom. The molecule has 0 aromatic rings. The predicted octanol–water partition coefficient (Wildman–Crippen LogP) is 2.35. The molecule has 1 unspecified atom stereocenters. The van der Waals surface area contributed by atoms with Crippen molar-refractivity contribution in [1.29, 1.82) is 0 Å². The van der Waals surface area contributed by atoms with E-state index in [-0.39, 0.29) is 0 Å². The van der Waals surface area contributed by atoms with E-state index in [4.69, 9.17) is 0 Å². The van der Waals surface area contributed by atoms with E-state index in [0.29, 0.717) is 11.5 Å². The van der Waals surface area contributed by atoms with Gasteiger partial charge in [0.2, 0.25) is 0 Å². The average Bonchev–Trinajstić information content (AvgIpc) is 2.61. The molecule has 0 radical (unpaired) electrons. The Bertz CT molecular complexity index is 218. The lowest BCUT2D eigenvalue weighted by Gasteiger charge is -2.18. The van der Waals surface area contributed by atoms with Crippen molar-refractivity contribution in [2.24, 2.45) is 10.4 Å². The summed E-state index contributed by atoms with van der Waals surface area (Å²) in [7, 11) is 0. The number of aliphatic imine (C=N–C) groups is 1. The number of rotatable bonds is 1. The van der Waals surface area contributed by atoms with Gasteiger partial charge in [-0.2, -0.15) is 0 Å². The average molecular weight is 180 g/mol. The molecule has 2 rings (SSSR count). The smallest absolute Gasteiger partial charge is 0.0965 e. The summed E-state index contributed by atoms with van der Waals surface area (Å²) < 4.78 is 0. The van der Waals surface area contributed by atoms with E-state index < -0.39 is 0 Å². The molecule has 0 bridgehead atoms. The summed E-state index contributed by atoms with van der Waals surface area (Å²) >= 11 is 0. The van der Waals surface area contributed by atoms with E-state index in [9.17, 15) is 0 Å². The highest BCUT2D eigenvalue weighted by molar-refractivity contribution is 5.83. The zero-order valence-corrected chi connectivity index (χ0v) is 8.77. The molecular weight excluding hydrogens is 160 g/mol. The molecule has 13 heavy (non-hydrogen) atoms. The molecule has 1 fully saturated rings. The molecule has 2 nitrogen and oxygen atoms in total. The second kappa shape index (κ2) is 3.32. The highest BCUT2D eigenvalue weighted by atomic mass is 15.0. The van der Waals surface area contributed by atoms with Crippen LogP contribution < -0.4 is 5.32 Å². The van der Waals surface area contributed by atoms with Crippen molar-refractivity contribution in [3.8, 4) is 0 Å². The maximum absolute atomic E-state index is 4.45. The lowest BCUT2D eigenvalue weighted by atomic mass is 9.92. The zero-order chi connectivity index (χ0) is 9.31. The van der Waals surface area contributed by atoms with E-state index in [1.807, 2.05) is 0 Å². The molecule has 0 amide bonds. The maximum atomic E-state index is 4.45. The van der Waals surface area contributed by atoms with Crippen LogP contribution >= 0.6 is 0 Å². The lowest BCUT2D eigenvalue weighted by Crippen LogP contribution is -2.32. The second-order valence-electron chi connectivity index (χ2n) is 5.18. The van der Waals surface area contributed by atoms with Crippen molar-refractivity contribution in [1.82, 2.24) is 5.32 Å².